The minimum atomic E-state index is -0.342. The molecule has 5 nitrogen and oxygen atoms in total. The van der Waals surface area contributed by atoms with Gasteiger partial charge in [-0.2, -0.15) is 0 Å². The molecule has 1 saturated carbocycles. The molecule has 3 rings (SSSR count). The summed E-state index contributed by atoms with van der Waals surface area (Å²) in [5.74, 6) is 0.247. The van der Waals surface area contributed by atoms with Crippen molar-refractivity contribution in [2.24, 2.45) is 11.1 Å². The van der Waals surface area contributed by atoms with Crippen molar-refractivity contribution in [3.05, 3.63) is 35.9 Å². The van der Waals surface area contributed by atoms with Crippen LogP contribution in [0.15, 0.2) is 30.3 Å². The summed E-state index contributed by atoms with van der Waals surface area (Å²) in [4.78, 5) is 29.0. The Balaban J connectivity index is 1.60. The molecule has 1 aromatic rings. The van der Waals surface area contributed by atoms with Crippen molar-refractivity contribution in [3.8, 4) is 0 Å². The lowest BCUT2D eigenvalue weighted by Gasteiger charge is -2.39. The summed E-state index contributed by atoms with van der Waals surface area (Å²) in [7, 11) is 0. The van der Waals surface area contributed by atoms with Crippen LogP contribution in [0.25, 0.3) is 0 Å². The van der Waals surface area contributed by atoms with Gasteiger partial charge in [0.2, 0.25) is 5.91 Å². The van der Waals surface area contributed by atoms with Gasteiger partial charge >= 0.3 is 0 Å². The Morgan fingerprint density at radius 1 is 0.957 bits per heavy atom. The first-order valence-corrected chi connectivity index (χ1v) is 8.50. The summed E-state index contributed by atoms with van der Waals surface area (Å²) in [5.41, 5.74) is 6.28. The number of rotatable bonds is 3. The Morgan fingerprint density at radius 3 is 2.09 bits per heavy atom. The average molecular weight is 315 g/mol. The van der Waals surface area contributed by atoms with Crippen LogP contribution in [0.5, 0.6) is 0 Å². The highest BCUT2D eigenvalue weighted by Gasteiger charge is 2.43. The molecule has 0 aromatic heterocycles. The average Bonchev–Trinajstić information content (AvgIpc) is 3.12. The largest absolute Gasteiger partial charge is 0.339 e. The monoisotopic (exact) mass is 315 g/mol. The van der Waals surface area contributed by atoms with Crippen molar-refractivity contribution in [2.45, 2.75) is 25.7 Å². The molecule has 1 saturated heterocycles. The lowest BCUT2D eigenvalue weighted by molar-refractivity contribution is -0.143. The Labute approximate surface area is 137 Å². The van der Waals surface area contributed by atoms with E-state index in [0.717, 1.165) is 25.7 Å². The van der Waals surface area contributed by atoms with Gasteiger partial charge in [0.1, 0.15) is 0 Å². The highest BCUT2D eigenvalue weighted by molar-refractivity contribution is 5.94. The molecule has 5 heteroatoms. The number of amides is 2. The van der Waals surface area contributed by atoms with Crippen LogP contribution in [0.4, 0.5) is 0 Å². The first-order chi connectivity index (χ1) is 11.2. The minimum absolute atomic E-state index is 0.0482. The van der Waals surface area contributed by atoms with Crippen LogP contribution < -0.4 is 5.73 Å². The molecule has 1 heterocycles. The Bertz CT molecular complexity index is 559. The Kier molecular flexibility index (Phi) is 4.66. The second kappa shape index (κ2) is 6.71. The van der Waals surface area contributed by atoms with Gasteiger partial charge in [0.25, 0.3) is 5.91 Å². The Morgan fingerprint density at radius 2 is 1.52 bits per heavy atom. The predicted octanol–water partition coefficient (Wildman–Crippen LogP) is 1.49. The molecule has 0 bridgehead atoms. The molecule has 0 spiro atoms. The summed E-state index contributed by atoms with van der Waals surface area (Å²) < 4.78 is 0. The molecule has 0 radical (unpaired) electrons. The summed E-state index contributed by atoms with van der Waals surface area (Å²) in [6.07, 6.45) is 4.00. The fourth-order valence-corrected chi connectivity index (χ4v) is 3.77. The molecular formula is C18H25N3O2. The van der Waals surface area contributed by atoms with Crippen LogP contribution in [-0.2, 0) is 4.79 Å². The summed E-state index contributed by atoms with van der Waals surface area (Å²) >= 11 is 0. The third-order valence-electron chi connectivity index (χ3n) is 5.28. The highest BCUT2D eigenvalue weighted by atomic mass is 16.2. The fraction of sp³-hybridized carbons (Fsp3) is 0.556. The van der Waals surface area contributed by atoms with E-state index in [1.807, 2.05) is 40.1 Å². The molecule has 2 amide bonds. The van der Waals surface area contributed by atoms with Gasteiger partial charge in [0, 0.05) is 38.3 Å². The normalized spacial score (nSPS) is 20.6. The topological polar surface area (TPSA) is 66.6 Å². The van der Waals surface area contributed by atoms with Crippen molar-refractivity contribution >= 4 is 11.8 Å². The quantitative estimate of drug-likeness (QED) is 0.919. The van der Waals surface area contributed by atoms with E-state index in [1.165, 1.54) is 0 Å². The van der Waals surface area contributed by atoms with E-state index in [2.05, 4.69) is 0 Å². The highest BCUT2D eigenvalue weighted by Crippen LogP contribution is 2.39. The van der Waals surface area contributed by atoms with Crippen molar-refractivity contribution in [1.29, 1.82) is 0 Å². The van der Waals surface area contributed by atoms with Gasteiger partial charge in [-0.25, -0.2) is 0 Å². The second-order valence-electron chi connectivity index (χ2n) is 6.64. The van der Waals surface area contributed by atoms with Gasteiger partial charge in [-0.05, 0) is 25.0 Å². The molecule has 0 unspecified atom stereocenters. The van der Waals surface area contributed by atoms with Gasteiger partial charge < -0.3 is 15.5 Å². The van der Waals surface area contributed by atoms with E-state index in [0.29, 0.717) is 38.3 Å². The standard InChI is InChI=1S/C18H25N3O2/c19-14-18(8-4-5-9-18)17(23)21-12-10-20(11-13-21)16(22)15-6-2-1-3-7-15/h1-3,6-7H,4-5,8-14,19H2. The summed E-state index contributed by atoms with van der Waals surface area (Å²) in [5, 5.41) is 0. The maximum absolute atomic E-state index is 12.8. The van der Waals surface area contributed by atoms with E-state index in [9.17, 15) is 9.59 Å². The van der Waals surface area contributed by atoms with E-state index in [1.54, 1.807) is 0 Å². The molecule has 2 aliphatic rings. The van der Waals surface area contributed by atoms with Gasteiger partial charge in [-0.1, -0.05) is 31.0 Å². The number of carbonyl (C=O) groups excluding carboxylic acids is 2. The summed E-state index contributed by atoms with van der Waals surface area (Å²) in [6, 6.07) is 9.32. The van der Waals surface area contributed by atoms with Crippen molar-refractivity contribution < 1.29 is 9.59 Å². The molecule has 1 aliphatic heterocycles. The second-order valence-corrected chi connectivity index (χ2v) is 6.64. The number of piperazine rings is 1. The maximum atomic E-state index is 12.8. The maximum Gasteiger partial charge on any atom is 0.253 e. The lowest BCUT2D eigenvalue weighted by atomic mass is 9.84. The van der Waals surface area contributed by atoms with Gasteiger partial charge in [-0.15, -0.1) is 0 Å². The Hall–Kier alpha value is -1.88. The molecule has 0 atom stereocenters. The zero-order valence-electron chi connectivity index (χ0n) is 13.5. The number of hydrogen-bond acceptors (Lipinski definition) is 3. The van der Waals surface area contributed by atoms with E-state index >= 15 is 0 Å². The zero-order valence-corrected chi connectivity index (χ0v) is 13.5. The van der Waals surface area contributed by atoms with E-state index in [-0.39, 0.29) is 17.2 Å². The smallest absolute Gasteiger partial charge is 0.253 e. The van der Waals surface area contributed by atoms with E-state index < -0.39 is 0 Å². The van der Waals surface area contributed by atoms with Crippen molar-refractivity contribution in [2.75, 3.05) is 32.7 Å². The number of benzene rings is 1. The fourth-order valence-electron chi connectivity index (χ4n) is 3.77. The third-order valence-corrected chi connectivity index (χ3v) is 5.28. The lowest BCUT2D eigenvalue weighted by Crippen LogP contribution is -2.55. The predicted molar refractivity (Wildman–Crippen MR) is 88.9 cm³/mol. The minimum Gasteiger partial charge on any atom is -0.339 e. The van der Waals surface area contributed by atoms with E-state index in [4.69, 9.17) is 5.73 Å². The number of nitrogens with two attached hydrogens (primary N) is 1. The first kappa shape index (κ1) is 16.0. The van der Waals surface area contributed by atoms with Gasteiger partial charge in [-0.3, -0.25) is 9.59 Å². The molecule has 23 heavy (non-hydrogen) atoms. The van der Waals surface area contributed by atoms with Crippen LogP contribution in [0, 0.1) is 5.41 Å². The molecule has 124 valence electrons. The number of carbonyl (C=O) groups is 2. The van der Waals surface area contributed by atoms with Crippen LogP contribution in [-0.4, -0.2) is 54.3 Å². The van der Waals surface area contributed by atoms with Crippen LogP contribution in [0.2, 0.25) is 0 Å². The van der Waals surface area contributed by atoms with Crippen molar-refractivity contribution in [1.82, 2.24) is 9.80 Å². The molecule has 1 aromatic carbocycles. The molecular weight excluding hydrogens is 290 g/mol. The molecule has 1 aliphatic carbocycles. The third kappa shape index (κ3) is 3.11. The van der Waals surface area contributed by atoms with Crippen LogP contribution in [0.1, 0.15) is 36.0 Å². The SMILES string of the molecule is NCC1(C(=O)N2CCN(C(=O)c3ccccc3)CC2)CCCC1. The zero-order chi connectivity index (χ0) is 16.3. The first-order valence-electron chi connectivity index (χ1n) is 8.50. The van der Waals surface area contributed by atoms with Gasteiger partial charge in [0.15, 0.2) is 0 Å². The number of hydrogen-bond donors (Lipinski definition) is 1. The van der Waals surface area contributed by atoms with Crippen LogP contribution >= 0.6 is 0 Å². The van der Waals surface area contributed by atoms with Crippen molar-refractivity contribution in [3.63, 3.8) is 0 Å². The molecule has 2 N–H and O–H groups in total. The molecule has 2 fully saturated rings. The van der Waals surface area contributed by atoms with Crippen LogP contribution in [0.3, 0.4) is 0 Å². The summed E-state index contributed by atoms with van der Waals surface area (Å²) in [6.45, 7) is 2.85. The van der Waals surface area contributed by atoms with Gasteiger partial charge in [0.05, 0.1) is 5.41 Å². The number of nitrogens with zero attached hydrogens (tertiary/aromatic N) is 2.